The quantitative estimate of drug-likeness (QED) is 0.0267. The van der Waals surface area contributed by atoms with E-state index in [1.165, 1.54) is 89.9 Å². The summed E-state index contributed by atoms with van der Waals surface area (Å²) in [5, 5.41) is 0. The third-order valence-corrected chi connectivity index (χ3v) is 9.79. The molecular weight excluding hydrogens is 685 g/mol. The van der Waals surface area contributed by atoms with E-state index < -0.39 is 6.10 Å². The lowest BCUT2D eigenvalue weighted by molar-refractivity contribution is -0.167. The van der Waals surface area contributed by atoms with Crippen LogP contribution in [0.5, 0.6) is 0 Å². The Bertz CT molecular complexity index is 980. The van der Waals surface area contributed by atoms with Crippen molar-refractivity contribution >= 4 is 17.9 Å². The molecular formula is C49H86O6. The fourth-order valence-electron chi connectivity index (χ4n) is 6.27. The van der Waals surface area contributed by atoms with Crippen molar-refractivity contribution in [3.63, 3.8) is 0 Å². The highest BCUT2D eigenvalue weighted by Gasteiger charge is 2.19. The van der Waals surface area contributed by atoms with Gasteiger partial charge >= 0.3 is 17.9 Å². The average Bonchev–Trinajstić information content (AvgIpc) is 3.18. The van der Waals surface area contributed by atoms with E-state index in [1.807, 2.05) is 0 Å². The highest BCUT2D eigenvalue weighted by atomic mass is 16.6. The second-order valence-electron chi connectivity index (χ2n) is 15.3. The number of unbranched alkanes of at least 4 members (excludes halogenated alkanes) is 22. The van der Waals surface area contributed by atoms with Crippen molar-refractivity contribution < 1.29 is 28.6 Å². The monoisotopic (exact) mass is 771 g/mol. The minimum absolute atomic E-state index is 0.0813. The fraction of sp³-hybridized carbons (Fsp3) is 0.776. The first-order chi connectivity index (χ1) is 27.0. The molecule has 318 valence electrons. The van der Waals surface area contributed by atoms with E-state index in [2.05, 4.69) is 69.4 Å². The molecule has 0 radical (unpaired) electrons. The molecule has 0 aliphatic carbocycles. The number of carbonyl (C=O) groups excluding carboxylic acids is 3. The van der Waals surface area contributed by atoms with Gasteiger partial charge < -0.3 is 14.2 Å². The molecule has 6 heteroatoms. The topological polar surface area (TPSA) is 78.9 Å². The van der Waals surface area contributed by atoms with Gasteiger partial charge in [-0.15, -0.1) is 0 Å². The Hall–Kier alpha value is -2.63. The van der Waals surface area contributed by atoms with Gasteiger partial charge in [0.05, 0.1) is 0 Å². The molecule has 0 rings (SSSR count). The predicted octanol–water partition coefficient (Wildman–Crippen LogP) is 14.8. The average molecular weight is 771 g/mol. The number of hydrogen-bond donors (Lipinski definition) is 0. The lowest BCUT2D eigenvalue weighted by Crippen LogP contribution is -2.30. The molecule has 0 saturated carbocycles. The zero-order chi connectivity index (χ0) is 40.1. The summed E-state index contributed by atoms with van der Waals surface area (Å²) in [6.07, 6.45) is 51.2. The van der Waals surface area contributed by atoms with Gasteiger partial charge in [0.25, 0.3) is 0 Å². The molecule has 0 amide bonds. The van der Waals surface area contributed by atoms with Crippen LogP contribution in [-0.4, -0.2) is 37.2 Å². The van der Waals surface area contributed by atoms with Crippen molar-refractivity contribution in [1.29, 1.82) is 0 Å². The first-order valence-corrected chi connectivity index (χ1v) is 23.1. The van der Waals surface area contributed by atoms with E-state index in [0.717, 1.165) is 96.3 Å². The molecule has 55 heavy (non-hydrogen) atoms. The lowest BCUT2D eigenvalue weighted by Gasteiger charge is -2.18. The number of ether oxygens (including phenoxy) is 3. The van der Waals surface area contributed by atoms with Crippen molar-refractivity contribution in [2.24, 2.45) is 0 Å². The Morgan fingerprint density at radius 2 is 0.691 bits per heavy atom. The van der Waals surface area contributed by atoms with Crippen molar-refractivity contribution in [3.05, 3.63) is 48.6 Å². The SMILES string of the molecule is CCC/C=C\CCCCCCCC(=O)OC(COC(=O)CCCCCCCC)COC(=O)CCCCCCCC/C=C\C/C=C\C/C=C\CCCCCCC. The minimum Gasteiger partial charge on any atom is -0.462 e. The molecule has 0 spiro atoms. The van der Waals surface area contributed by atoms with Crippen molar-refractivity contribution in [2.45, 2.75) is 232 Å². The maximum absolute atomic E-state index is 12.6. The molecule has 0 aromatic rings. The third kappa shape index (κ3) is 42.4. The van der Waals surface area contributed by atoms with E-state index in [-0.39, 0.29) is 31.1 Å². The molecule has 0 aliphatic heterocycles. The molecule has 1 unspecified atom stereocenters. The van der Waals surface area contributed by atoms with Crippen LogP contribution in [-0.2, 0) is 28.6 Å². The van der Waals surface area contributed by atoms with Crippen LogP contribution < -0.4 is 0 Å². The van der Waals surface area contributed by atoms with Crippen LogP contribution in [0.1, 0.15) is 226 Å². The van der Waals surface area contributed by atoms with E-state index in [9.17, 15) is 14.4 Å². The zero-order valence-electron chi connectivity index (χ0n) is 36.2. The molecule has 0 fully saturated rings. The summed E-state index contributed by atoms with van der Waals surface area (Å²) in [4.78, 5) is 37.5. The second kappa shape index (κ2) is 44.1. The van der Waals surface area contributed by atoms with Crippen LogP contribution in [0.25, 0.3) is 0 Å². The zero-order valence-corrected chi connectivity index (χ0v) is 36.2. The van der Waals surface area contributed by atoms with Gasteiger partial charge in [-0.1, -0.05) is 179 Å². The first kappa shape index (κ1) is 52.4. The Morgan fingerprint density at radius 3 is 1.11 bits per heavy atom. The molecule has 0 heterocycles. The normalized spacial score (nSPS) is 12.4. The van der Waals surface area contributed by atoms with Gasteiger partial charge in [-0.05, 0) is 77.0 Å². The van der Waals surface area contributed by atoms with Crippen LogP contribution >= 0.6 is 0 Å². The number of carbonyl (C=O) groups is 3. The van der Waals surface area contributed by atoms with E-state index in [4.69, 9.17) is 14.2 Å². The molecule has 0 aromatic heterocycles. The Labute approximate surface area is 339 Å². The Morgan fingerprint density at radius 1 is 0.364 bits per heavy atom. The minimum atomic E-state index is -0.776. The maximum Gasteiger partial charge on any atom is 0.306 e. The van der Waals surface area contributed by atoms with Gasteiger partial charge in [-0.2, -0.15) is 0 Å². The highest BCUT2D eigenvalue weighted by molar-refractivity contribution is 5.71. The number of rotatable bonds is 41. The third-order valence-electron chi connectivity index (χ3n) is 9.79. The summed E-state index contributed by atoms with van der Waals surface area (Å²) in [6.45, 7) is 6.47. The van der Waals surface area contributed by atoms with Gasteiger partial charge in [0.1, 0.15) is 13.2 Å². The summed E-state index contributed by atoms with van der Waals surface area (Å²) < 4.78 is 16.6. The van der Waals surface area contributed by atoms with Crippen LogP contribution in [0.4, 0.5) is 0 Å². The summed E-state index contributed by atoms with van der Waals surface area (Å²) in [5.41, 5.74) is 0. The number of esters is 3. The largest absolute Gasteiger partial charge is 0.462 e. The molecule has 0 saturated heterocycles. The van der Waals surface area contributed by atoms with Gasteiger partial charge in [-0.25, -0.2) is 0 Å². The lowest BCUT2D eigenvalue weighted by atomic mass is 10.1. The Balaban J connectivity index is 4.21. The van der Waals surface area contributed by atoms with Crippen molar-refractivity contribution in [3.8, 4) is 0 Å². The summed E-state index contributed by atoms with van der Waals surface area (Å²) >= 11 is 0. The molecule has 0 aliphatic rings. The second-order valence-corrected chi connectivity index (χ2v) is 15.3. The highest BCUT2D eigenvalue weighted by Crippen LogP contribution is 2.13. The predicted molar refractivity (Wildman–Crippen MR) is 233 cm³/mol. The van der Waals surface area contributed by atoms with Gasteiger partial charge in [-0.3, -0.25) is 14.4 Å². The van der Waals surface area contributed by atoms with E-state index in [0.29, 0.717) is 19.3 Å². The van der Waals surface area contributed by atoms with Gasteiger partial charge in [0, 0.05) is 19.3 Å². The van der Waals surface area contributed by atoms with Crippen molar-refractivity contribution in [1.82, 2.24) is 0 Å². The molecule has 0 N–H and O–H groups in total. The summed E-state index contributed by atoms with van der Waals surface area (Å²) in [5.74, 6) is -0.917. The first-order valence-electron chi connectivity index (χ1n) is 23.1. The van der Waals surface area contributed by atoms with E-state index in [1.54, 1.807) is 0 Å². The van der Waals surface area contributed by atoms with Crippen LogP contribution in [0, 0.1) is 0 Å². The summed E-state index contributed by atoms with van der Waals surface area (Å²) in [7, 11) is 0. The van der Waals surface area contributed by atoms with Gasteiger partial charge in [0.2, 0.25) is 0 Å². The molecule has 6 nitrogen and oxygen atoms in total. The van der Waals surface area contributed by atoms with Crippen LogP contribution in [0.3, 0.4) is 0 Å². The standard InChI is InChI=1S/C49H86O6/c1-4-7-10-13-16-18-20-21-22-23-24-25-26-27-28-29-30-32-33-36-39-42-48(51)54-45-46(44-53-47(50)41-38-35-15-12-9-6-3)55-49(52)43-40-37-34-31-19-17-14-11-8-5-2/h11,14,20-21,23-24,26-27,46H,4-10,12-13,15-19,22,25,28-45H2,1-3H3/b14-11-,21-20-,24-23-,27-26-. The molecule has 0 bridgehead atoms. The molecule has 1 atom stereocenters. The van der Waals surface area contributed by atoms with Crippen molar-refractivity contribution in [2.75, 3.05) is 13.2 Å². The molecule has 0 aromatic carbocycles. The summed E-state index contributed by atoms with van der Waals surface area (Å²) in [6, 6.07) is 0. The van der Waals surface area contributed by atoms with Crippen LogP contribution in [0.15, 0.2) is 48.6 Å². The Kier molecular flexibility index (Phi) is 42.0. The smallest absolute Gasteiger partial charge is 0.306 e. The number of hydrogen-bond acceptors (Lipinski definition) is 6. The van der Waals surface area contributed by atoms with Crippen LogP contribution in [0.2, 0.25) is 0 Å². The fourth-order valence-corrected chi connectivity index (χ4v) is 6.27. The number of allylic oxidation sites excluding steroid dienone is 8. The maximum atomic E-state index is 12.6. The van der Waals surface area contributed by atoms with E-state index >= 15 is 0 Å². The van der Waals surface area contributed by atoms with Gasteiger partial charge in [0.15, 0.2) is 6.10 Å².